The number of fused-ring (bicyclic) bond motifs is 2. The summed E-state index contributed by atoms with van der Waals surface area (Å²) in [5.41, 5.74) is 1.24. The van der Waals surface area contributed by atoms with Crippen molar-refractivity contribution >= 4 is 40.1 Å². The molecule has 0 unspecified atom stereocenters. The van der Waals surface area contributed by atoms with Crippen LogP contribution in [0.3, 0.4) is 0 Å². The van der Waals surface area contributed by atoms with Crippen molar-refractivity contribution in [2.24, 2.45) is 0 Å². The van der Waals surface area contributed by atoms with E-state index in [-0.39, 0.29) is 37.0 Å². The number of nitrogens with zero attached hydrogens (tertiary/aromatic N) is 1. The molecule has 9 nitrogen and oxygen atoms in total. The Morgan fingerprint density at radius 3 is 2.70 bits per heavy atom. The zero-order valence-electron chi connectivity index (χ0n) is 18.1. The third-order valence-electron chi connectivity index (χ3n) is 5.15. The number of ether oxygens (including phenoxy) is 2. The standard InChI is InChI=1S/C24H22N2O7/c1-14-24(30)26(19-5-3-4-6-20(19)32-14)10-9-22(28)31-13-16-11-23(29)33-21-12-17(25-15(2)27)7-8-18(16)21/h3-8,11-12,14H,9-10,13H2,1-2H3,(H,25,27)/t14-/m1/s1. The molecule has 1 aromatic heterocycles. The van der Waals surface area contributed by atoms with Gasteiger partial charge in [-0.05, 0) is 31.2 Å². The van der Waals surface area contributed by atoms with E-state index < -0.39 is 17.7 Å². The third kappa shape index (κ3) is 4.87. The Bertz CT molecular complexity index is 1300. The molecule has 0 aliphatic carbocycles. The zero-order valence-corrected chi connectivity index (χ0v) is 18.1. The van der Waals surface area contributed by atoms with Gasteiger partial charge in [0.1, 0.15) is 17.9 Å². The molecule has 3 aromatic rings. The fourth-order valence-electron chi connectivity index (χ4n) is 3.65. The fraction of sp³-hybridized carbons (Fsp3) is 0.250. The van der Waals surface area contributed by atoms with Crippen molar-refractivity contribution in [2.45, 2.75) is 33.0 Å². The van der Waals surface area contributed by atoms with Crippen LogP contribution < -0.4 is 20.6 Å². The Balaban J connectivity index is 1.44. The van der Waals surface area contributed by atoms with E-state index in [0.29, 0.717) is 28.1 Å². The highest BCUT2D eigenvalue weighted by Gasteiger charge is 2.31. The first-order valence-electron chi connectivity index (χ1n) is 10.4. The summed E-state index contributed by atoms with van der Waals surface area (Å²) in [6.45, 7) is 3.04. The van der Waals surface area contributed by atoms with Crippen LogP contribution in [0.5, 0.6) is 5.75 Å². The molecule has 1 N–H and O–H groups in total. The summed E-state index contributed by atoms with van der Waals surface area (Å²) in [6.07, 6.45) is -0.674. The number of para-hydroxylation sites is 2. The molecular weight excluding hydrogens is 428 g/mol. The number of esters is 1. The van der Waals surface area contributed by atoms with Crippen molar-refractivity contribution in [1.82, 2.24) is 0 Å². The van der Waals surface area contributed by atoms with Crippen LogP contribution >= 0.6 is 0 Å². The number of benzene rings is 2. The van der Waals surface area contributed by atoms with Gasteiger partial charge in [0.25, 0.3) is 5.91 Å². The largest absolute Gasteiger partial charge is 0.479 e. The highest BCUT2D eigenvalue weighted by molar-refractivity contribution is 6.00. The van der Waals surface area contributed by atoms with E-state index in [1.165, 1.54) is 24.0 Å². The first-order valence-corrected chi connectivity index (χ1v) is 10.4. The lowest BCUT2D eigenvalue weighted by atomic mass is 10.1. The molecule has 4 rings (SSSR count). The first-order chi connectivity index (χ1) is 15.8. The quantitative estimate of drug-likeness (QED) is 0.453. The van der Waals surface area contributed by atoms with E-state index >= 15 is 0 Å². The minimum atomic E-state index is -0.645. The second-order valence-electron chi connectivity index (χ2n) is 7.61. The maximum absolute atomic E-state index is 12.5. The van der Waals surface area contributed by atoms with E-state index in [9.17, 15) is 19.2 Å². The van der Waals surface area contributed by atoms with Gasteiger partial charge in [0.15, 0.2) is 6.10 Å². The molecule has 2 aromatic carbocycles. The highest BCUT2D eigenvalue weighted by atomic mass is 16.5. The normalized spacial score (nSPS) is 15.0. The van der Waals surface area contributed by atoms with Gasteiger partial charge in [-0.15, -0.1) is 0 Å². The minimum absolute atomic E-state index is 0.0289. The van der Waals surface area contributed by atoms with Gasteiger partial charge in [-0.3, -0.25) is 14.4 Å². The summed E-state index contributed by atoms with van der Waals surface area (Å²) < 4.78 is 16.2. The summed E-state index contributed by atoms with van der Waals surface area (Å²) in [7, 11) is 0. The number of nitrogens with one attached hydrogen (secondary N) is 1. The topological polar surface area (TPSA) is 115 Å². The van der Waals surface area contributed by atoms with Crippen LogP contribution in [0.2, 0.25) is 0 Å². The lowest BCUT2D eigenvalue weighted by Gasteiger charge is -2.32. The number of hydrogen-bond donors (Lipinski definition) is 1. The van der Waals surface area contributed by atoms with Crippen molar-refractivity contribution in [3.05, 3.63) is 64.5 Å². The summed E-state index contributed by atoms with van der Waals surface area (Å²) in [5.74, 6) is -0.421. The van der Waals surface area contributed by atoms with Gasteiger partial charge in [-0.25, -0.2) is 4.79 Å². The van der Waals surface area contributed by atoms with Gasteiger partial charge in [0.2, 0.25) is 5.91 Å². The molecule has 0 saturated heterocycles. The molecule has 1 aliphatic rings. The molecule has 0 saturated carbocycles. The molecule has 0 fully saturated rings. The highest BCUT2D eigenvalue weighted by Crippen LogP contribution is 2.33. The van der Waals surface area contributed by atoms with Crippen LogP contribution in [0.4, 0.5) is 11.4 Å². The van der Waals surface area contributed by atoms with Gasteiger partial charge in [0, 0.05) is 42.2 Å². The first kappa shape index (κ1) is 22.1. The van der Waals surface area contributed by atoms with E-state index in [0.717, 1.165) is 0 Å². The number of hydrogen-bond acceptors (Lipinski definition) is 7. The maximum atomic E-state index is 12.5. The predicted octanol–water partition coefficient (Wildman–Crippen LogP) is 3.00. The maximum Gasteiger partial charge on any atom is 0.336 e. The van der Waals surface area contributed by atoms with Crippen LogP contribution in [0.25, 0.3) is 11.0 Å². The van der Waals surface area contributed by atoms with Crippen molar-refractivity contribution in [3.63, 3.8) is 0 Å². The Hall–Kier alpha value is -4.14. The lowest BCUT2D eigenvalue weighted by Crippen LogP contribution is -2.45. The Labute approximate surface area is 188 Å². The summed E-state index contributed by atoms with van der Waals surface area (Å²) in [5, 5.41) is 3.21. The number of amides is 2. The van der Waals surface area contributed by atoms with E-state index in [1.807, 2.05) is 6.07 Å². The summed E-state index contributed by atoms with van der Waals surface area (Å²) >= 11 is 0. The third-order valence-corrected chi connectivity index (χ3v) is 5.15. The minimum Gasteiger partial charge on any atom is -0.479 e. The van der Waals surface area contributed by atoms with Gasteiger partial charge >= 0.3 is 11.6 Å². The molecule has 0 bridgehead atoms. The molecule has 2 heterocycles. The summed E-state index contributed by atoms with van der Waals surface area (Å²) in [6, 6.07) is 13.3. The molecule has 9 heteroatoms. The van der Waals surface area contributed by atoms with E-state index in [4.69, 9.17) is 13.9 Å². The Kier molecular flexibility index (Phi) is 6.12. The molecule has 0 spiro atoms. The van der Waals surface area contributed by atoms with Crippen LogP contribution in [-0.2, 0) is 25.7 Å². The molecule has 33 heavy (non-hydrogen) atoms. The second-order valence-corrected chi connectivity index (χ2v) is 7.61. The molecular formula is C24H22N2O7. The van der Waals surface area contributed by atoms with Gasteiger partial charge in [-0.2, -0.15) is 0 Å². The van der Waals surface area contributed by atoms with Crippen molar-refractivity contribution in [1.29, 1.82) is 0 Å². The average molecular weight is 450 g/mol. The van der Waals surface area contributed by atoms with E-state index in [2.05, 4.69) is 5.32 Å². The Morgan fingerprint density at radius 2 is 1.91 bits per heavy atom. The van der Waals surface area contributed by atoms with Crippen molar-refractivity contribution < 1.29 is 28.3 Å². The second kappa shape index (κ2) is 9.15. The molecule has 1 aliphatic heterocycles. The van der Waals surface area contributed by atoms with Crippen molar-refractivity contribution in [3.8, 4) is 5.75 Å². The average Bonchev–Trinajstić information content (AvgIpc) is 2.77. The van der Waals surface area contributed by atoms with Crippen molar-refractivity contribution in [2.75, 3.05) is 16.8 Å². The molecule has 1 atom stereocenters. The molecule has 2 amide bonds. The van der Waals surface area contributed by atoms with Gasteiger partial charge in [-0.1, -0.05) is 12.1 Å². The molecule has 0 radical (unpaired) electrons. The van der Waals surface area contributed by atoms with Crippen LogP contribution in [-0.4, -0.2) is 30.4 Å². The zero-order chi connectivity index (χ0) is 23.5. The molecule has 170 valence electrons. The smallest absolute Gasteiger partial charge is 0.336 e. The SMILES string of the molecule is CC(=O)Nc1ccc2c(COC(=O)CCN3C(=O)[C@@H](C)Oc4ccccc43)cc(=O)oc2c1. The van der Waals surface area contributed by atoms with Gasteiger partial charge < -0.3 is 24.1 Å². The number of carbonyl (C=O) groups excluding carboxylic acids is 3. The van der Waals surface area contributed by atoms with Crippen LogP contribution in [0, 0.1) is 0 Å². The van der Waals surface area contributed by atoms with E-state index in [1.54, 1.807) is 37.3 Å². The predicted molar refractivity (Wildman–Crippen MR) is 120 cm³/mol. The number of carbonyl (C=O) groups is 3. The number of anilines is 2. The van der Waals surface area contributed by atoms with Gasteiger partial charge in [0.05, 0.1) is 12.1 Å². The van der Waals surface area contributed by atoms with Crippen LogP contribution in [0.1, 0.15) is 25.8 Å². The monoisotopic (exact) mass is 450 g/mol. The summed E-state index contributed by atoms with van der Waals surface area (Å²) in [4.78, 5) is 49.7. The lowest BCUT2D eigenvalue weighted by molar-refractivity contribution is -0.144. The Morgan fingerprint density at radius 1 is 1.12 bits per heavy atom. The fourth-order valence-corrected chi connectivity index (χ4v) is 3.65. The number of rotatable bonds is 6. The van der Waals surface area contributed by atoms with Crippen LogP contribution in [0.15, 0.2) is 57.7 Å².